The van der Waals surface area contributed by atoms with Gasteiger partial charge < -0.3 is 14.3 Å². The van der Waals surface area contributed by atoms with Crippen molar-refractivity contribution in [1.29, 1.82) is 0 Å². The summed E-state index contributed by atoms with van der Waals surface area (Å²) in [6.45, 7) is 0.492. The normalized spacial score (nSPS) is 23.5. The van der Waals surface area contributed by atoms with Crippen molar-refractivity contribution in [2.45, 2.75) is 37.5 Å². The molecule has 1 aromatic rings. The molecular formula is C15H21NO3. The summed E-state index contributed by atoms with van der Waals surface area (Å²) >= 11 is 0. The van der Waals surface area contributed by atoms with E-state index in [-0.39, 0.29) is 0 Å². The molecular weight excluding hydrogens is 242 g/mol. The van der Waals surface area contributed by atoms with Gasteiger partial charge >= 0.3 is 0 Å². The molecule has 3 rings (SSSR count). The molecule has 4 heteroatoms. The number of nitrogens with two attached hydrogens (primary N) is 1. The Kier molecular flexibility index (Phi) is 3.37. The van der Waals surface area contributed by atoms with E-state index in [0.717, 1.165) is 23.5 Å². The van der Waals surface area contributed by atoms with Crippen molar-refractivity contribution in [2.75, 3.05) is 20.8 Å². The van der Waals surface area contributed by atoms with Crippen LogP contribution in [0.3, 0.4) is 0 Å². The minimum Gasteiger partial charge on any atom is -0.496 e. The standard InChI is InChI=1S/C15H21NO3/c1-17-12-8-11(5-6-19-16)15(18-2)14-10-4-3-9(7-10)13(12)14/h8-10H,3-7,16H2,1-2H3. The van der Waals surface area contributed by atoms with Gasteiger partial charge in [0.05, 0.1) is 20.8 Å². The lowest BCUT2D eigenvalue weighted by molar-refractivity contribution is 0.140. The molecule has 2 N–H and O–H groups in total. The molecule has 0 heterocycles. The molecule has 1 aromatic carbocycles. The largest absolute Gasteiger partial charge is 0.496 e. The molecule has 2 bridgehead atoms. The zero-order valence-corrected chi connectivity index (χ0v) is 11.6. The van der Waals surface area contributed by atoms with Crippen LogP contribution in [0.15, 0.2) is 6.07 Å². The third-order valence-corrected chi connectivity index (χ3v) is 4.56. The average molecular weight is 263 g/mol. The van der Waals surface area contributed by atoms with E-state index in [9.17, 15) is 0 Å². The molecule has 2 unspecified atom stereocenters. The number of methoxy groups -OCH3 is 2. The van der Waals surface area contributed by atoms with Crippen molar-refractivity contribution in [1.82, 2.24) is 0 Å². The minimum atomic E-state index is 0.492. The molecule has 0 spiro atoms. The van der Waals surface area contributed by atoms with E-state index >= 15 is 0 Å². The van der Waals surface area contributed by atoms with Crippen molar-refractivity contribution in [2.24, 2.45) is 5.90 Å². The SMILES string of the molecule is COc1cc(CCON)c(OC)c2c1C1CCC2C1. The van der Waals surface area contributed by atoms with Crippen LogP contribution in [-0.4, -0.2) is 20.8 Å². The Morgan fingerprint density at radius 3 is 2.53 bits per heavy atom. The first kappa shape index (κ1) is 12.8. The van der Waals surface area contributed by atoms with Gasteiger partial charge in [0.15, 0.2) is 0 Å². The van der Waals surface area contributed by atoms with Gasteiger partial charge in [-0.05, 0) is 37.2 Å². The quantitative estimate of drug-likeness (QED) is 0.829. The predicted molar refractivity (Wildman–Crippen MR) is 72.7 cm³/mol. The lowest BCUT2D eigenvalue weighted by Crippen LogP contribution is -2.09. The highest BCUT2D eigenvalue weighted by atomic mass is 16.6. The molecule has 2 aliphatic rings. The molecule has 104 valence electrons. The molecule has 2 aliphatic carbocycles. The monoisotopic (exact) mass is 263 g/mol. The number of benzene rings is 1. The molecule has 1 fully saturated rings. The number of hydrogen-bond donors (Lipinski definition) is 1. The van der Waals surface area contributed by atoms with Crippen molar-refractivity contribution in [3.05, 3.63) is 22.8 Å². The first-order valence-corrected chi connectivity index (χ1v) is 6.89. The van der Waals surface area contributed by atoms with Gasteiger partial charge in [-0.25, -0.2) is 5.90 Å². The summed E-state index contributed by atoms with van der Waals surface area (Å²) in [5.74, 6) is 8.47. The third kappa shape index (κ3) is 1.90. The summed E-state index contributed by atoms with van der Waals surface area (Å²) in [7, 11) is 3.50. The van der Waals surface area contributed by atoms with Crippen molar-refractivity contribution >= 4 is 0 Å². The van der Waals surface area contributed by atoms with E-state index < -0.39 is 0 Å². The molecule has 0 radical (unpaired) electrons. The molecule has 0 aromatic heterocycles. The van der Waals surface area contributed by atoms with Crippen LogP contribution in [0.2, 0.25) is 0 Å². The minimum absolute atomic E-state index is 0.492. The number of rotatable bonds is 5. The fraction of sp³-hybridized carbons (Fsp3) is 0.600. The number of ether oxygens (including phenoxy) is 2. The first-order chi connectivity index (χ1) is 9.30. The van der Waals surface area contributed by atoms with E-state index in [4.69, 9.17) is 20.2 Å². The van der Waals surface area contributed by atoms with Crippen LogP contribution in [0.1, 0.15) is 47.8 Å². The van der Waals surface area contributed by atoms with Crippen LogP contribution in [0, 0.1) is 0 Å². The summed E-state index contributed by atoms with van der Waals surface area (Å²) in [4.78, 5) is 4.70. The fourth-order valence-electron chi connectivity index (χ4n) is 3.83. The van der Waals surface area contributed by atoms with E-state index in [1.165, 1.54) is 30.4 Å². The molecule has 4 nitrogen and oxygen atoms in total. The topological polar surface area (TPSA) is 53.7 Å². The van der Waals surface area contributed by atoms with Crippen molar-refractivity contribution in [3.8, 4) is 11.5 Å². The maximum atomic E-state index is 5.69. The van der Waals surface area contributed by atoms with E-state index in [0.29, 0.717) is 18.4 Å². The Morgan fingerprint density at radius 2 is 1.89 bits per heavy atom. The highest BCUT2D eigenvalue weighted by Gasteiger charge is 2.42. The van der Waals surface area contributed by atoms with Crippen molar-refractivity contribution < 1.29 is 14.3 Å². The Bertz CT molecular complexity index is 487. The molecule has 2 atom stereocenters. The van der Waals surface area contributed by atoms with Gasteiger partial charge in [0.1, 0.15) is 11.5 Å². The Balaban J connectivity index is 2.10. The zero-order valence-electron chi connectivity index (χ0n) is 11.6. The highest BCUT2D eigenvalue weighted by Crippen LogP contribution is 2.59. The van der Waals surface area contributed by atoms with Gasteiger partial charge in [0.2, 0.25) is 0 Å². The van der Waals surface area contributed by atoms with Gasteiger partial charge in [0, 0.05) is 23.1 Å². The number of hydrogen-bond acceptors (Lipinski definition) is 4. The Morgan fingerprint density at radius 1 is 1.16 bits per heavy atom. The number of fused-ring (bicyclic) bond motifs is 5. The lowest BCUT2D eigenvalue weighted by Gasteiger charge is -2.23. The Labute approximate surface area is 113 Å². The molecule has 0 saturated heterocycles. The van der Waals surface area contributed by atoms with Crippen LogP contribution in [0.4, 0.5) is 0 Å². The van der Waals surface area contributed by atoms with Crippen LogP contribution in [0.5, 0.6) is 11.5 Å². The summed E-state index contributed by atoms with van der Waals surface area (Å²) in [6, 6.07) is 2.09. The second kappa shape index (κ2) is 5.02. The molecule has 0 amide bonds. The van der Waals surface area contributed by atoms with E-state index in [1.807, 2.05) is 0 Å². The van der Waals surface area contributed by atoms with Crippen molar-refractivity contribution in [3.63, 3.8) is 0 Å². The smallest absolute Gasteiger partial charge is 0.126 e. The summed E-state index contributed by atoms with van der Waals surface area (Å²) in [5, 5.41) is 0. The van der Waals surface area contributed by atoms with Gasteiger partial charge in [0.25, 0.3) is 0 Å². The summed E-state index contributed by atoms with van der Waals surface area (Å²) in [6.07, 6.45) is 4.55. The summed E-state index contributed by atoms with van der Waals surface area (Å²) in [5.41, 5.74) is 3.90. The maximum Gasteiger partial charge on any atom is 0.126 e. The lowest BCUT2D eigenvalue weighted by atomic mass is 9.88. The predicted octanol–water partition coefficient (Wildman–Crippen LogP) is 2.50. The molecule has 1 saturated carbocycles. The van der Waals surface area contributed by atoms with Gasteiger partial charge in [-0.1, -0.05) is 0 Å². The summed E-state index contributed by atoms with van der Waals surface area (Å²) < 4.78 is 11.3. The highest BCUT2D eigenvalue weighted by molar-refractivity contribution is 5.60. The van der Waals surface area contributed by atoms with Gasteiger partial charge in [-0.3, -0.25) is 0 Å². The van der Waals surface area contributed by atoms with Crippen LogP contribution in [0.25, 0.3) is 0 Å². The van der Waals surface area contributed by atoms with Crippen LogP contribution >= 0.6 is 0 Å². The van der Waals surface area contributed by atoms with E-state index in [1.54, 1.807) is 14.2 Å². The van der Waals surface area contributed by atoms with Crippen LogP contribution in [-0.2, 0) is 11.3 Å². The molecule has 19 heavy (non-hydrogen) atoms. The Hall–Kier alpha value is -1.26. The zero-order chi connectivity index (χ0) is 13.4. The second-order valence-electron chi connectivity index (χ2n) is 5.43. The maximum absolute atomic E-state index is 5.69. The average Bonchev–Trinajstić information content (AvgIpc) is 3.05. The van der Waals surface area contributed by atoms with Gasteiger partial charge in [-0.2, -0.15) is 0 Å². The first-order valence-electron chi connectivity index (χ1n) is 6.89. The fourth-order valence-corrected chi connectivity index (χ4v) is 3.83. The van der Waals surface area contributed by atoms with Crippen LogP contribution < -0.4 is 15.4 Å². The second-order valence-corrected chi connectivity index (χ2v) is 5.43. The van der Waals surface area contributed by atoms with Gasteiger partial charge in [-0.15, -0.1) is 0 Å². The molecule has 0 aliphatic heterocycles. The van der Waals surface area contributed by atoms with E-state index in [2.05, 4.69) is 6.07 Å². The third-order valence-electron chi connectivity index (χ3n) is 4.56.